The number of nitrogens with zero attached hydrogens (tertiary/aromatic N) is 3. The van der Waals surface area contributed by atoms with Crippen LogP contribution in [0.5, 0.6) is 0 Å². The average Bonchev–Trinajstić information content (AvgIpc) is 3.29. The molecule has 30 heavy (non-hydrogen) atoms. The van der Waals surface area contributed by atoms with Gasteiger partial charge in [0.2, 0.25) is 0 Å². The Morgan fingerprint density at radius 3 is 2.70 bits per heavy atom. The maximum Gasteiger partial charge on any atom is 0.347 e. The van der Waals surface area contributed by atoms with Gasteiger partial charge in [-0.05, 0) is 38.3 Å². The highest BCUT2D eigenvalue weighted by molar-refractivity contribution is 7.17. The molecule has 0 aromatic carbocycles. The van der Waals surface area contributed by atoms with E-state index in [1.54, 1.807) is 6.92 Å². The summed E-state index contributed by atoms with van der Waals surface area (Å²) in [5, 5.41) is 17.1. The number of carboxylic acids is 1. The van der Waals surface area contributed by atoms with E-state index in [0.29, 0.717) is 41.2 Å². The molecule has 3 N–H and O–H groups in total. The molecule has 2 aliphatic heterocycles. The SMILES string of the molecule is CCCN[C@H]1CN(c2nc(C)c(C(=O)O)s2)CC[C@H]1NC(=O)C1=NC(Cl)=C(CC)C1. The van der Waals surface area contributed by atoms with Crippen molar-refractivity contribution < 1.29 is 14.7 Å². The first-order chi connectivity index (χ1) is 14.3. The summed E-state index contributed by atoms with van der Waals surface area (Å²) >= 11 is 7.33. The molecular formula is C20H28ClN5O3S. The van der Waals surface area contributed by atoms with Gasteiger partial charge < -0.3 is 20.6 Å². The Morgan fingerprint density at radius 1 is 1.33 bits per heavy atom. The largest absolute Gasteiger partial charge is 0.477 e. The quantitative estimate of drug-likeness (QED) is 0.522. The van der Waals surface area contributed by atoms with E-state index in [2.05, 4.69) is 32.4 Å². The number of halogens is 1. The standard InChI is InChI=1S/C20H28ClN5O3S/c1-4-7-22-15-10-26(20-23-11(3)16(30-20)19(28)29)8-6-13(15)25-18(27)14-9-12(5-2)17(21)24-14/h13,15,22H,4-10H2,1-3H3,(H,25,27)(H,28,29)/t13-,15+/m1/s1. The third-order valence-corrected chi connectivity index (χ3v) is 6.99. The van der Waals surface area contributed by atoms with Crippen LogP contribution in [-0.2, 0) is 4.79 Å². The Morgan fingerprint density at radius 2 is 2.10 bits per heavy atom. The molecule has 3 heterocycles. The van der Waals surface area contributed by atoms with Crippen molar-refractivity contribution in [3.8, 4) is 0 Å². The number of rotatable bonds is 8. The van der Waals surface area contributed by atoms with Crippen LogP contribution < -0.4 is 15.5 Å². The van der Waals surface area contributed by atoms with Crippen molar-refractivity contribution in [2.24, 2.45) is 4.99 Å². The Kier molecular flexibility index (Phi) is 7.49. The van der Waals surface area contributed by atoms with Crippen LogP contribution in [0.2, 0.25) is 0 Å². The number of aryl methyl sites for hydroxylation is 1. The highest BCUT2D eigenvalue weighted by atomic mass is 35.5. The van der Waals surface area contributed by atoms with Crippen LogP contribution in [0.4, 0.5) is 5.13 Å². The molecule has 8 nitrogen and oxygen atoms in total. The van der Waals surface area contributed by atoms with Crippen LogP contribution in [0, 0.1) is 6.92 Å². The minimum absolute atomic E-state index is 0.0243. The first kappa shape index (κ1) is 22.7. The third-order valence-electron chi connectivity index (χ3n) is 5.43. The molecule has 10 heteroatoms. The third kappa shape index (κ3) is 5.01. The Labute approximate surface area is 185 Å². The number of piperidine rings is 1. The average molecular weight is 454 g/mol. The van der Waals surface area contributed by atoms with Gasteiger partial charge in [-0.15, -0.1) is 0 Å². The van der Waals surface area contributed by atoms with Crippen LogP contribution in [0.25, 0.3) is 0 Å². The van der Waals surface area contributed by atoms with Gasteiger partial charge in [-0.2, -0.15) is 0 Å². The topological polar surface area (TPSA) is 107 Å². The van der Waals surface area contributed by atoms with Gasteiger partial charge in [-0.3, -0.25) is 4.79 Å². The van der Waals surface area contributed by atoms with Crippen molar-refractivity contribution >= 4 is 45.7 Å². The first-order valence-corrected chi connectivity index (χ1v) is 11.5. The number of carbonyl (C=O) groups is 2. The smallest absolute Gasteiger partial charge is 0.347 e. The van der Waals surface area contributed by atoms with E-state index >= 15 is 0 Å². The molecule has 0 bridgehead atoms. The van der Waals surface area contributed by atoms with E-state index in [-0.39, 0.29) is 22.9 Å². The Bertz CT molecular complexity index is 882. The van der Waals surface area contributed by atoms with Crippen molar-refractivity contribution in [1.82, 2.24) is 15.6 Å². The van der Waals surface area contributed by atoms with Gasteiger partial charge in [0, 0.05) is 31.6 Å². The second-order valence-electron chi connectivity index (χ2n) is 7.57. The molecule has 1 amide bonds. The summed E-state index contributed by atoms with van der Waals surface area (Å²) in [5.41, 5.74) is 1.99. The lowest BCUT2D eigenvalue weighted by Crippen LogP contribution is -2.60. The summed E-state index contributed by atoms with van der Waals surface area (Å²) < 4.78 is 0. The number of aliphatic imine (C=N–C) groups is 1. The molecular weight excluding hydrogens is 426 g/mol. The fourth-order valence-electron chi connectivity index (χ4n) is 3.72. The normalized spacial score (nSPS) is 21.7. The summed E-state index contributed by atoms with van der Waals surface area (Å²) in [4.78, 5) is 35.2. The van der Waals surface area contributed by atoms with Crippen molar-refractivity contribution in [3.63, 3.8) is 0 Å². The molecule has 2 aliphatic rings. The van der Waals surface area contributed by atoms with Gasteiger partial charge in [0.1, 0.15) is 15.7 Å². The number of anilines is 1. The molecule has 0 aliphatic carbocycles. The van der Waals surface area contributed by atoms with Gasteiger partial charge in [-0.25, -0.2) is 14.8 Å². The zero-order valence-corrected chi connectivity index (χ0v) is 19.1. The van der Waals surface area contributed by atoms with Gasteiger partial charge in [0.15, 0.2) is 5.13 Å². The first-order valence-electron chi connectivity index (χ1n) is 10.3. The van der Waals surface area contributed by atoms with Gasteiger partial charge in [0.25, 0.3) is 5.91 Å². The second kappa shape index (κ2) is 9.89. The van der Waals surface area contributed by atoms with Crippen molar-refractivity contribution in [2.45, 2.75) is 58.5 Å². The van der Waals surface area contributed by atoms with Gasteiger partial charge in [0.05, 0.1) is 5.69 Å². The molecule has 1 saturated heterocycles. The number of thiazole rings is 1. The molecule has 0 saturated carbocycles. The predicted octanol–water partition coefficient (Wildman–Crippen LogP) is 2.92. The molecule has 164 valence electrons. The van der Waals surface area contributed by atoms with Crippen molar-refractivity contribution in [3.05, 3.63) is 21.3 Å². The number of amides is 1. The van der Waals surface area contributed by atoms with E-state index in [1.165, 1.54) is 11.3 Å². The maximum atomic E-state index is 12.8. The monoisotopic (exact) mass is 453 g/mol. The summed E-state index contributed by atoms with van der Waals surface area (Å²) in [6.45, 7) is 7.98. The molecule has 3 rings (SSSR count). The number of hydrogen-bond donors (Lipinski definition) is 3. The van der Waals surface area contributed by atoms with E-state index in [4.69, 9.17) is 11.6 Å². The van der Waals surface area contributed by atoms with E-state index in [9.17, 15) is 14.7 Å². The zero-order valence-electron chi connectivity index (χ0n) is 17.5. The number of aromatic nitrogens is 1. The fourth-order valence-corrected chi connectivity index (χ4v) is 4.96. The second-order valence-corrected chi connectivity index (χ2v) is 8.91. The summed E-state index contributed by atoms with van der Waals surface area (Å²) in [6.07, 6.45) is 2.99. The number of carboxylic acid groups (broad SMARTS) is 1. The number of aromatic carboxylic acids is 1. The Balaban J connectivity index is 1.68. The highest BCUT2D eigenvalue weighted by Gasteiger charge is 2.33. The predicted molar refractivity (Wildman–Crippen MR) is 120 cm³/mol. The molecule has 0 spiro atoms. The van der Waals surface area contributed by atoms with Crippen LogP contribution in [0.3, 0.4) is 0 Å². The van der Waals surface area contributed by atoms with Gasteiger partial charge >= 0.3 is 5.97 Å². The van der Waals surface area contributed by atoms with Crippen molar-refractivity contribution in [1.29, 1.82) is 0 Å². The van der Waals surface area contributed by atoms with E-state index < -0.39 is 5.97 Å². The zero-order chi connectivity index (χ0) is 21.8. The molecule has 1 aromatic heterocycles. The number of carbonyl (C=O) groups excluding carboxylic acids is 1. The molecule has 0 radical (unpaired) electrons. The minimum Gasteiger partial charge on any atom is -0.477 e. The van der Waals surface area contributed by atoms with Crippen LogP contribution in [0.1, 0.15) is 54.9 Å². The molecule has 2 atom stereocenters. The van der Waals surface area contributed by atoms with E-state index in [0.717, 1.165) is 31.4 Å². The fraction of sp³-hybridized carbons (Fsp3) is 0.600. The maximum absolute atomic E-state index is 12.8. The number of nitrogens with one attached hydrogen (secondary N) is 2. The summed E-state index contributed by atoms with van der Waals surface area (Å²) in [7, 11) is 0. The molecule has 1 fully saturated rings. The molecule has 0 unspecified atom stereocenters. The number of hydrogen-bond acceptors (Lipinski definition) is 7. The lowest BCUT2D eigenvalue weighted by molar-refractivity contribution is -0.115. The van der Waals surface area contributed by atoms with Crippen molar-refractivity contribution in [2.75, 3.05) is 24.5 Å². The summed E-state index contributed by atoms with van der Waals surface area (Å²) in [5.74, 6) is -1.12. The highest BCUT2D eigenvalue weighted by Crippen LogP contribution is 2.29. The number of allylic oxidation sites excluding steroid dienone is 1. The van der Waals surface area contributed by atoms with Gasteiger partial charge in [-0.1, -0.05) is 36.8 Å². The van der Waals surface area contributed by atoms with E-state index in [1.807, 2.05) is 6.92 Å². The van der Waals surface area contributed by atoms with Crippen LogP contribution in [0.15, 0.2) is 15.7 Å². The Hall–Kier alpha value is -1.97. The lowest BCUT2D eigenvalue weighted by atomic mass is 9.98. The summed E-state index contributed by atoms with van der Waals surface area (Å²) in [6, 6.07) is -0.0244. The molecule has 1 aromatic rings. The minimum atomic E-state index is -0.949. The van der Waals surface area contributed by atoms with Crippen LogP contribution >= 0.6 is 22.9 Å². The van der Waals surface area contributed by atoms with Crippen LogP contribution in [-0.4, -0.2) is 59.4 Å². The lowest BCUT2D eigenvalue weighted by Gasteiger charge is -2.39.